The zero-order chi connectivity index (χ0) is 13.8. The SMILES string of the molecule is CC(CO)CCCC1(C)CCCC2(CO1)OCCO2. The molecule has 0 aromatic carbocycles. The predicted molar refractivity (Wildman–Crippen MR) is 72.9 cm³/mol. The van der Waals surface area contributed by atoms with E-state index in [9.17, 15) is 0 Å². The van der Waals surface area contributed by atoms with Crippen molar-refractivity contribution in [2.24, 2.45) is 5.92 Å². The van der Waals surface area contributed by atoms with Gasteiger partial charge in [0.1, 0.15) is 6.61 Å². The summed E-state index contributed by atoms with van der Waals surface area (Å²) in [5.41, 5.74) is -0.0615. The quantitative estimate of drug-likeness (QED) is 0.835. The summed E-state index contributed by atoms with van der Waals surface area (Å²) in [5.74, 6) is -0.0712. The first-order chi connectivity index (χ1) is 9.08. The molecule has 19 heavy (non-hydrogen) atoms. The van der Waals surface area contributed by atoms with E-state index in [0.717, 1.165) is 38.5 Å². The number of aliphatic hydroxyl groups excluding tert-OH is 1. The van der Waals surface area contributed by atoms with Crippen LogP contribution in [0.4, 0.5) is 0 Å². The number of hydrogen-bond donors (Lipinski definition) is 1. The summed E-state index contributed by atoms with van der Waals surface area (Å²) in [5, 5.41) is 9.06. The van der Waals surface area contributed by atoms with Crippen molar-refractivity contribution in [1.82, 2.24) is 0 Å². The Labute approximate surface area is 116 Å². The molecule has 4 heteroatoms. The lowest BCUT2D eigenvalue weighted by molar-refractivity contribution is -0.208. The summed E-state index contributed by atoms with van der Waals surface area (Å²) >= 11 is 0. The van der Waals surface area contributed by atoms with Gasteiger partial charge in [-0.05, 0) is 38.5 Å². The molecule has 0 aromatic rings. The van der Waals surface area contributed by atoms with Gasteiger partial charge in [-0.3, -0.25) is 0 Å². The minimum Gasteiger partial charge on any atom is -0.396 e. The molecular weight excluding hydrogens is 244 g/mol. The van der Waals surface area contributed by atoms with Gasteiger partial charge >= 0.3 is 0 Å². The number of aliphatic hydroxyl groups is 1. The molecule has 2 saturated heterocycles. The van der Waals surface area contributed by atoms with Gasteiger partial charge in [-0.2, -0.15) is 0 Å². The van der Waals surface area contributed by atoms with Crippen LogP contribution in [0.3, 0.4) is 0 Å². The van der Waals surface area contributed by atoms with Crippen LogP contribution in [-0.2, 0) is 14.2 Å². The molecule has 0 amide bonds. The van der Waals surface area contributed by atoms with Crippen molar-refractivity contribution in [3.63, 3.8) is 0 Å². The topological polar surface area (TPSA) is 47.9 Å². The summed E-state index contributed by atoms with van der Waals surface area (Å²) in [7, 11) is 0. The van der Waals surface area contributed by atoms with Crippen molar-refractivity contribution in [3.8, 4) is 0 Å². The smallest absolute Gasteiger partial charge is 0.191 e. The van der Waals surface area contributed by atoms with Crippen LogP contribution in [0.2, 0.25) is 0 Å². The molecular formula is C15H28O4. The maximum atomic E-state index is 9.06. The molecule has 1 N–H and O–H groups in total. The molecule has 1 spiro atoms. The van der Waals surface area contributed by atoms with Crippen molar-refractivity contribution in [2.45, 2.75) is 63.8 Å². The lowest BCUT2D eigenvalue weighted by Gasteiger charge is -2.31. The van der Waals surface area contributed by atoms with E-state index in [1.165, 1.54) is 0 Å². The number of ether oxygens (including phenoxy) is 3. The van der Waals surface area contributed by atoms with Gasteiger partial charge in [0.15, 0.2) is 5.79 Å². The van der Waals surface area contributed by atoms with Gasteiger partial charge in [-0.25, -0.2) is 0 Å². The van der Waals surface area contributed by atoms with Gasteiger partial charge in [0.25, 0.3) is 0 Å². The third kappa shape index (κ3) is 4.15. The van der Waals surface area contributed by atoms with E-state index in [-0.39, 0.29) is 12.2 Å². The average molecular weight is 272 g/mol. The summed E-state index contributed by atoms with van der Waals surface area (Å²) in [6.07, 6.45) is 6.31. The van der Waals surface area contributed by atoms with Gasteiger partial charge < -0.3 is 19.3 Å². The van der Waals surface area contributed by atoms with Gasteiger partial charge in [-0.15, -0.1) is 0 Å². The van der Waals surface area contributed by atoms with Crippen LogP contribution in [0.1, 0.15) is 52.4 Å². The first kappa shape index (κ1) is 15.2. The molecule has 2 fully saturated rings. The summed E-state index contributed by atoms with van der Waals surface area (Å²) < 4.78 is 17.6. The second-order valence-corrected chi connectivity index (χ2v) is 6.38. The maximum absolute atomic E-state index is 9.06. The molecule has 2 aliphatic rings. The highest BCUT2D eigenvalue weighted by Gasteiger charge is 2.42. The normalized spacial score (nSPS) is 32.4. The van der Waals surface area contributed by atoms with Crippen LogP contribution in [0.15, 0.2) is 0 Å². The van der Waals surface area contributed by atoms with Crippen molar-refractivity contribution in [1.29, 1.82) is 0 Å². The van der Waals surface area contributed by atoms with Crippen LogP contribution in [0, 0.1) is 5.92 Å². The summed E-state index contributed by atoms with van der Waals surface area (Å²) in [6.45, 7) is 6.50. The minimum absolute atomic E-state index is 0.0615. The Morgan fingerprint density at radius 2 is 1.89 bits per heavy atom. The first-order valence-corrected chi connectivity index (χ1v) is 7.60. The molecule has 112 valence electrons. The van der Waals surface area contributed by atoms with Crippen LogP contribution in [0.5, 0.6) is 0 Å². The van der Waals surface area contributed by atoms with Gasteiger partial charge in [0.2, 0.25) is 0 Å². The van der Waals surface area contributed by atoms with E-state index < -0.39 is 5.79 Å². The fraction of sp³-hybridized carbons (Fsp3) is 1.00. The number of hydrogen-bond acceptors (Lipinski definition) is 4. The molecule has 2 heterocycles. The van der Waals surface area contributed by atoms with E-state index in [2.05, 4.69) is 13.8 Å². The highest BCUT2D eigenvalue weighted by Crippen LogP contribution is 2.36. The molecule has 0 bridgehead atoms. The second kappa shape index (κ2) is 6.53. The fourth-order valence-corrected chi connectivity index (χ4v) is 3.00. The van der Waals surface area contributed by atoms with E-state index in [1.54, 1.807) is 0 Å². The zero-order valence-electron chi connectivity index (χ0n) is 12.3. The first-order valence-electron chi connectivity index (χ1n) is 7.60. The average Bonchev–Trinajstić information content (AvgIpc) is 2.79. The maximum Gasteiger partial charge on any atom is 0.191 e. The van der Waals surface area contributed by atoms with Crippen molar-refractivity contribution in [3.05, 3.63) is 0 Å². The van der Waals surface area contributed by atoms with E-state index in [1.807, 2.05) is 0 Å². The summed E-state index contributed by atoms with van der Waals surface area (Å²) in [4.78, 5) is 0. The molecule has 2 unspecified atom stereocenters. The zero-order valence-corrected chi connectivity index (χ0v) is 12.3. The summed E-state index contributed by atoms with van der Waals surface area (Å²) in [6, 6.07) is 0. The third-order valence-electron chi connectivity index (χ3n) is 4.43. The minimum atomic E-state index is -0.462. The Hall–Kier alpha value is -0.160. The standard InChI is InChI=1S/C15H28O4/c1-13(11-16)5-3-6-14(2)7-4-8-15(12-19-14)17-9-10-18-15/h13,16H,3-12H2,1-2H3. The highest BCUT2D eigenvalue weighted by molar-refractivity contribution is 4.85. The Morgan fingerprint density at radius 1 is 1.16 bits per heavy atom. The van der Waals surface area contributed by atoms with E-state index in [4.69, 9.17) is 19.3 Å². The molecule has 0 saturated carbocycles. The Morgan fingerprint density at radius 3 is 2.58 bits per heavy atom. The Balaban J connectivity index is 1.79. The third-order valence-corrected chi connectivity index (χ3v) is 4.43. The molecule has 0 radical (unpaired) electrons. The van der Waals surface area contributed by atoms with Crippen molar-refractivity contribution >= 4 is 0 Å². The van der Waals surface area contributed by atoms with Crippen molar-refractivity contribution in [2.75, 3.05) is 26.4 Å². The molecule has 2 rings (SSSR count). The lowest BCUT2D eigenvalue weighted by atomic mass is 9.91. The van der Waals surface area contributed by atoms with Crippen LogP contribution in [-0.4, -0.2) is 42.9 Å². The van der Waals surface area contributed by atoms with Gasteiger partial charge in [0, 0.05) is 13.0 Å². The molecule has 2 atom stereocenters. The number of rotatable bonds is 5. The largest absolute Gasteiger partial charge is 0.396 e. The molecule has 0 aliphatic carbocycles. The predicted octanol–water partition coefficient (Wildman–Crippen LogP) is 2.49. The Kier molecular flexibility index (Phi) is 5.23. The molecule has 2 aliphatic heterocycles. The Bertz CT molecular complexity index is 275. The van der Waals surface area contributed by atoms with Crippen LogP contribution < -0.4 is 0 Å². The van der Waals surface area contributed by atoms with E-state index >= 15 is 0 Å². The fourth-order valence-electron chi connectivity index (χ4n) is 3.00. The highest BCUT2D eigenvalue weighted by atomic mass is 16.8. The monoisotopic (exact) mass is 272 g/mol. The van der Waals surface area contributed by atoms with E-state index in [0.29, 0.717) is 25.7 Å². The molecule has 0 aromatic heterocycles. The van der Waals surface area contributed by atoms with Crippen LogP contribution in [0.25, 0.3) is 0 Å². The second-order valence-electron chi connectivity index (χ2n) is 6.38. The van der Waals surface area contributed by atoms with Gasteiger partial charge in [0.05, 0.1) is 18.8 Å². The van der Waals surface area contributed by atoms with Gasteiger partial charge in [-0.1, -0.05) is 13.3 Å². The lowest BCUT2D eigenvalue weighted by Crippen LogP contribution is -2.37. The van der Waals surface area contributed by atoms with Crippen LogP contribution >= 0.6 is 0 Å². The van der Waals surface area contributed by atoms with Crippen molar-refractivity contribution < 1.29 is 19.3 Å². The molecule has 4 nitrogen and oxygen atoms in total.